The quantitative estimate of drug-likeness (QED) is 0.723. The molecule has 0 saturated carbocycles. The molecular weight excluding hydrogens is 184 g/mol. The third-order valence-electron chi connectivity index (χ3n) is 2.18. The van der Waals surface area contributed by atoms with Crippen LogP contribution in [0.15, 0.2) is 0 Å². The molecule has 0 aliphatic heterocycles. The summed E-state index contributed by atoms with van der Waals surface area (Å²) in [6, 6.07) is 2.23. The fourth-order valence-electron chi connectivity index (χ4n) is 1.22. The SMILES string of the molecule is CCCCC(N)(C#N)CCCC.Cl. The molecule has 0 saturated heterocycles. The maximum Gasteiger partial charge on any atom is 0.104 e. The molecular formula is C10H21ClN2. The van der Waals surface area contributed by atoms with Crippen LogP contribution in [0.3, 0.4) is 0 Å². The van der Waals surface area contributed by atoms with E-state index in [9.17, 15) is 0 Å². The molecule has 0 atom stereocenters. The summed E-state index contributed by atoms with van der Waals surface area (Å²) >= 11 is 0. The van der Waals surface area contributed by atoms with Crippen molar-refractivity contribution >= 4 is 12.4 Å². The second kappa shape index (κ2) is 8.34. The predicted molar refractivity (Wildman–Crippen MR) is 58.8 cm³/mol. The van der Waals surface area contributed by atoms with E-state index in [0.29, 0.717) is 0 Å². The fraction of sp³-hybridized carbons (Fsp3) is 0.900. The molecule has 0 heterocycles. The summed E-state index contributed by atoms with van der Waals surface area (Å²) in [5.74, 6) is 0. The molecule has 0 aliphatic rings. The summed E-state index contributed by atoms with van der Waals surface area (Å²) in [6.45, 7) is 4.25. The van der Waals surface area contributed by atoms with Crippen molar-refractivity contribution in [3.05, 3.63) is 0 Å². The Hall–Kier alpha value is -0.260. The lowest BCUT2D eigenvalue weighted by molar-refractivity contribution is 0.429. The predicted octanol–water partition coefficient (Wildman–Crippen LogP) is 3.01. The van der Waals surface area contributed by atoms with Crippen molar-refractivity contribution in [3.63, 3.8) is 0 Å². The zero-order valence-electron chi connectivity index (χ0n) is 8.68. The molecule has 0 aromatic carbocycles. The minimum atomic E-state index is -0.550. The van der Waals surface area contributed by atoms with Crippen LogP contribution in [-0.4, -0.2) is 5.54 Å². The number of rotatable bonds is 6. The van der Waals surface area contributed by atoms with Gasteiger partial charge in [-0.15, -0.1) is 12.4 Å². The molecule has 0 aromatic rings. The minimum Gasteiger partial charge on any atom is -0.313 e. The first kappa shape index (κ1) is 15.2. The molecule has 78 valence electrons. The summed E-state index contributed by atoms with van der Waals surface area (Å²) in [4.78, 5) is 0. The van der Waals surface area contributed by atoms with Crippen molar-refractivity contribution in [3.8, 4) is 6.07 Å². The number of unbranched alkanes of at least 4 members (excludes halogenated alkanes) is 2. The molecule has 0 amide bonds. The van der Waals surface area contributed by atoms with E-state index in [1.54, 1.807) is 0 Å². The molecule has 0 bridgehead atoms. The molecule has 0 aliphatic carbocycles. The smallest absolute Gasteiger partial charge is 0.104 e. The number of hydrogen-bond donors (Lipinski definition) is 1. The monoisotopic (exact) mass is 204 g/mol. The Morgan fingerprint density at radius 1 is 1.15 bits per heavy atom. The number of nitrogens with zero attached hydrogens (tertiary/aromatic N) is 1. The van der Waals surface area contributed by atoms with Gasteiger partial charge in [0.05, 0.1) is 6.07 Å². The van der Waals surface area contributed by atoms with Crippen LogP contribution in [-0.2, 0) is 0 Å². The first-order chi connectivity index (χ1) is 5.68. The Bertz CT molecular complexity index is 143. The van der Waals surface area contributed by atoms with Gasteiger partial charge in [-0.25, -0.2) is 0 Å². The second-order valence-electron chi connectivity index (χ2n) is 3.48. The van der Waals surface area contributed by atoms with Gasteiger partial charge >= 0.3 is 0 Å². The Morgan fingerprint density at radius 2 is 1.54 bits per heavy atom. The van der Waals surface area contributed by atoms with Gasteiger partial charge in [0.2, 0.25) is 0 Å². The van der Waals surface area contributed by atoms with Crippen LogP contribution in [0.25, 0.3) is 0 Å². The molecule has 0 spiro atoms. The van der Waals surface area contributed by atoms with E-state index in [4.69, 9.17) is 11.0 Å². The number of hydrogen-bond acceptors (Lipinski definition) is 2. The van der Waals surface area contributed by atoms with Gasteiger partial charge in [-0.3, -0.25) is 0 Å². The first-order valence-corrected chi connectivity index (χ1v) is 4.88. The van der Waals surface area contributed by atoms with Crippen molar-refractivity contribution in [2.45, 2.75) is 57.9 Å². The van der Waals surface area contributed by atoms with Crippen molar-refractivity contribution in [2.75, 3.05) is 0 Å². The summed E-state index contributed by atoms with van der Waals surface area (Å²) in [5.41, 5.74) is 5.36. The Morgan fingerprint density at radius 3 is 1.77 bits per heavy atom. The largest absolute Gasteiger partial charge is 0.313 e. The highest BCUT2D eigenvalue weighted by Crippen LogP contribution is 2.17. The van der Waals surface area contributed by atoms with Crippen LogP contribution in [0.5, 0.6) is 0 Å². The Labute approximate surface area is 87.9 Å². The fourth-order valence-corrected chi connectivity index (χ4v) is 1.22. The highest BCUT2D eigenvalue weighted by molar-refractivity contribution is 5.85. The Kier molecular flexibility index (Phi) is 9.77. The highest BCUT2D eigenvalue weighted by atomic mass is 35.5. The normalized spacial score (nSPS) is 10.3. The lowest BCUT2D eigenvalue weighted by atomic mass is 9.90. The summed E-state index contributed by atoms with van der Waals surface area (Å²) in [5, 5.41) is 8.86. The van der Waals surface area contributed by atoms with Gasteiger partial charge in [-0.1, -0.05) is 39.5 Å². The molecule has 2 N–H and O–H groups in total. The number of nitriles is 1. The summed E-state index contributed by atoms with van der Waals surface area (Å²) in [7, 11) is 0. The van der Waals surface area contributed by atoms with E-state index in [0.717, 1.165) is 38.5 Å². The van der Waals surface area contributed by atoms with E-state index >= 15 is 0 Å². The van der Waals surface area contributed by atoms with Crippen LogP contribution in [0.2, 0.25) is 0 Å². The lowest BCUT2D eigenvalue weighted by Crippen LogP contribution is -2.37. The zero-order chi connectivity index (χ0) is 9.45. The van der Waals surface area contributed by atoms with Crippen LogP contribution < -0.4 is 5.73 Å². The van der Waals surface area contributed by atoms with Gasteiger partial charge in [0.1, 0.15) is 5.54 Å². The van der Waals surface area contributed by atoms with Crippen molar-refractivity contribution in [1.82, 2.24) is 0 Å². The van der Waals surface area contributed by atoms with Crippen molar-refractivity contribution in [1.29, 1.82) is 5.26 Å². The average Bonchev–Trinajstić information content (AvgIpc) is 2.11. The maximum atomic E-state index is 8.86. The number of nitrogens with two attached hydrogens (primary N) is 1. The first-order valence-electron chi connectivity index (χ1n) is 4.88. The summed E-state index contributed by atoms with van der Waals surface area (Å²) in [6.07, 6.45) is 6.06. The molecule has 13 heavy (non-hydrogen) atoms. The van der Waals surface area contributed by atoms with Gasteiger partial charge in [-0.05, 0) is 12.8 Å². The lowest BCUT2D eigenvalue weighted by Gasteiger charge is -2.20. The van der Waals surface area contributed by atoms with E-state index < -0.39 is 5.54 Å². The van der Waals surface area contributed by atoms with Gasteiger partial charge < -0.3 is 5.73 Å². The van der Waals surface area contributed by atoms with Crippen LogP contribution >= 0.6 is 12.4 Å². The average molecular weight is 205 g/mol. The molecule has 0 rings (SSSR count). The third-order valence-corrected chi connectivity index (χ3v) is 2.18. The Balaban J connectivity index is 0. The summed E-state index contributed by atoms with van der Waals surface area (Å²) < 4.78 is 0. The van der Waals surface area contributed by atoms with Gasteiger partial charge in [-0.2, -0.15) is 5.26 Å². The van der Waals surface area contributed by atoms with Crippen LogP contribution in [0, 0.1) is 11.3 Å². The number of halogens is 1. The van der Waals surface area contributed by atoms with Crippen molar-refractivity contribution in [2.24, 2.45) is 5.73 Å². The molecule has 0 unspecified atom stereocenters. The van der Waals surface area contributed by atoms with Crippen LogP contribution in [0.4, 0.5) is 0 Å². The van der Waals surface area contributed by atoms with Gasteiger partial charge in [0.25, 0.3) is 0 Å². The van der Waals surface area contributed by atoms with Crippen LogP contribution in [0.1, 0.15) is 52.4 Å². The maximum absolute atomic E-state index is 8.86. The van der Waals surface area contributed by atoms with E-state index in [-0.39, 0.29) is 12.4 Å². The molecule has 0 aromatic heterocycles. The minimum absolute atomic E-state index is 0. The molecule has 0 fully saturated rings. The van der Waals surface area contributed by atoms with E-state index in [1.165, 1.54) is 0 Å². The van der Waals surface area contributed by atoms with Gasteiger partial charge in [0.15, 0.2) is 0 Å². The zero-order valence-corrected chi connectivity index (χ0v) is 9.49. The second-order valence-corrected chi connectivity index (χ2v) is 3.48. The van der Waals surface area contributed by atoms with Gasteiger partial charge in [0, 0.05) is 0 Å². The third kappa shape index (κ3) is 6.86. The van der Waals surface area contributed by atoms with Crippen molar-refractivity contribution < 1.29 is 0 Å². The molecule has 3 heteroatoms. The highest BCUT2D eigenvalue weighted by Gasteiger charge is 2.22. The standard InChI is InChI=1S/C10H20N2.ClH/c1-3-5-7-10(12,9-11)8-6-4-2;/h3-8,12H2,1-2H3;1H. The molecule has 0 radical (unpaired) electrons. The molecule has 2 nitrogen and oxygen atoms in total. The van der Waals surface area contributed by atoms with E-state index in [2.05, 4.69) is 19.9 Å². The van der Waals surface area contributed by atoms with E-state index in [1.807, 2.05) is 0 Å². The topological polar surface area (TPSA) is 49.8 Å².